The quantitative estimate of drug-likeness (QED) is 0.608. The van der Waals surface area contributed by atoms with Gasteiger partial charge in [-0.05, 0) is 86.7 Å². The van der Waals surface area contributed by atoms with Gasteiger partial charge in [-0.2, -0.15) is 0 Å². The third kappa shape index (κ3) is 3.77. The number of thiocarbonyl (C=S) groups is 1. The molecule has 4 bridgehead atoms. The van der Waals surface area contributed by atoms with Crippen LogP contribution in [0.15, 0.2) is 24.3 Å². The van der Waals surface area contributed by atoms with Gasteiger partial charge >= 0.3 is 0 Å². The molecule has 0 atom stereocenters. The van der Waals surface area contributed by atoms with Gasteiger partial charge in [-0.3, -0.25) is 0 Å². The summed E-state index contributed by atoms with van der Waals surface area (Å²) in [7, 11) is 0. The molecular formula is C24H34N2S. The minimum Gasteiger partial charge on any atom is -0.378 e. The second-order valence-electron chi connectivity index (χ2n) is 10.0. The zero-order valence-electron chi connectivity index (χ0n) is 16.5. The first-order chi connectivity index (χ1) is 13.2. The van der Waals surface area contributed by atoms with Crippen molar-refractivity contribution < 1.29 is 0 Å². The van der Waals surface area contributed by atoms with Crippen LogP contribution in [0.25, 0.3) is 0 Å². The van der Waals surface area contributed by atoms with Crippen LogP contribution in [0.1, 0.15) is 82.1 Å². The van der Waals surface area contributed by atoms with Crippen molar-refractivity contribution in [2.24, 2.45) is 17.8 Å². The van der Waals surface area contributed by atoms with Crippen molar-refractivity contribution >= 4 is 22.9 Å². The van der Waals surface area contributed by atoms with Gasteiger partial charge in [0.05, 0.1) is 11.5 Å². The van der Waals surface area contributed by atoms with Gasteiger partial charge in [0, 0.05) is 11.2 Å². The van der Waals surface area contributed by atoms with Gasteiger partial charge in [0.2, 0.25) is 0 Å². The fourth-order valence-corrected chi connectivity index (χ4v) is 7.50. The van der Waals surface area contributed by atoms with E-state index in [0.717, 1.165) is 35.2 Å². The van der Waals surface area contributed by atoms with Gasteiger partial charge < -0.3 is 10.6 Å². The van der Waals surface area contributed by atoms with Crippen molar-refractivity contribution in [3.8, 4) is 0 Å². The van der Waals surface area contributed by atoms with Crippen molar-refractivity contribution in [3.63, 3.8) is 0 Å². The summed E-state index contributed by atoms with van der Waals surface area (Å²) in [5.41, 5.74) is 3.14. The van der Waals surface area contributed by atoms with Crippen LogP contribution in [-0.2, 0) is 0 Å². The van der Waals surface area contributed by atoms with E-state index in [9.17, 15) is 0 Å². The summed E-state index contributed by atoms with van der Waals surface area (Å²) >= 11 is 5.81. The molecule has 0 unspecified atom stereocenters. The van der Waals surface area contributed by atoms with Gasteiger partial charge in [-0.25, -0.2) is 0 Å². The largest absolute Gasteiger partial charge is 0.378 e. The summed E-state index contributed by atoms with van der Waals surface area (Å²) in [6.45, 7) is 0.779. The maximum Gasteiger partial charge on any atom is 0.0951 e. The maximum absolute atomic E-state index is 5.81. The molecule has 0 saturated heterocycles. The number of benzene rings is 1. The Morgan fingerprint density at radius 2 is 1.56 bits per heavy atom. The zero-order chi connectivity index (χ0) is 18.3. The highest BCUT2D eigenvalue weighted by atomic mass is 32.1. The Morgan fingerprint density at radius 3 is 2.22 bits per heavy atom. The van der Waals surface area contributed by atoms with Crippen LogP contribution in [0.2, 0.25) is 0 Å². The van der Waals surface area contributed by atoms with E-state index in [4.69, 9.17) is 12.2 Å². The molecule has 5 aliphatic carbocycles. The van der Waals surface area contributed by atoms with E-state index in [-0.39, 0.29) is 0 Å². The predicted molar refractivity (Wildman–Crippen MR) is 117 cm³/mol. The van der Waals surface area contributed by atoms with E-state index in [0.29, 0.717) is 5.54 Å². The molecule has 0 amide bonds. The van der Waals surface area contributed by atoms with Crippen LogP contribution in [0, 0.1) is 17.8 Å². The Balaban J connectivity index is 1.21. The number of hydrogen-bond acceptors (Lipinski definition) is 2. The van der Waals surface area contributed by atoms with Crippen molar-refractivity contribution in [1.29, 1.82) is 0 Å². The van der Waals surface area contributed by atoms with Crippen LogP contribution >= 0.6 is 12.2 Å². The molecule has 0 aliphatic heterocycles. The Hall–Kier alpha value is -1.09. The molecule has 146 valence electrons. The smallest absolute Gasteiger partial charge is 0.0951 e. The normalized spacial score (nSPS) is 35.2. The van der Waals surface area contributed by atoms with E-state index in [1.165, 1.54) is 81.9 Å². The molecule has 2 N–H and O–H groups in total. The standard InChI is InChI=1S/C24H34N2S/c27-23(26-24-13-17-10-18(14-24)12-19(11-17)15-24)16-25-22-9-5-4-8-21(22)20-6-2-1-3-7-20/h4-5,8-9,17-20,25H,1-3,6-7,10-16H2,(H,26,27). The third-order valence-corrected chi connectivity index (χ3v) is 8.13. The molecule has 2 nitrogen and oxygen atoms in total. The van der Waals surface area contributed by atoms with E-state index in [2.05, 4.69) is 34.9 Å². The fraction of sp³-hybridized carbons (Fsp3) is 0.708. The van der Waals surface area contributed by atoms with Gasteiger partial charge in [0.15, 0.2) is 0 Å². The van der Waals surface area contributed by atoms with E-state index < -0.39 is 0 Å². The fourth-order valence-electron chi connectivity index (χ4n) is 7.21. The summed E-state index contributed by atoms with van der Waals surface area (Å²) < 4.78 is 0. The molecule has 5 aliphatic rings. The first kappa shape index (κ1) is 18.0. The molecule has 5 saturated carbocycles. The molecule has 1 aromatic rings. The maximum atomic E-state index is 5.81. The average molecular weight is 383 g/mol. The molecule has 27 heavy (non-hydrogen) atoms. The Bertz CT molecular complexity index is 656. The summed E-state index contributed by atoms with van der Waals surface area (Å²) in [5.74, 6) is 3.62. The molecule has 6 rings (SSSR count). The second-order valence-corrected chi connectivity index (χ2v) is 10.5. The van der Waals surface area contributed by atoms with Gasteiger partial charge in [-0.1, -0.05) is 49.7 Å². The van der Waals surface area contributed by atoms with Crippen molar-refractivity contribution in [1.82, 2.24) is 5.32 Å². The number of para-hydroxylation sites is 1. The lowest BCUT2D eigenvalue weighted by molar-refractivity contribution is -0.00982. The van der Waals surface area contributed by atoms with Crippen molar-refractivity contribution in [2.75, 3.05) is 11.9 Å². The van der Waals surface area contributed by atoms with Crippen LogP contribution in [0.5, 0.6) is 0 Å². The predicted octanol–water partition coefficient (Wildman–Crippen LogP) is 6.03. The van der Waals surface area contributed by atoms with Crippen LogP contribution in [0.3, 0.4) is 0 Å². The number of nitrogens with one attached hydrogen (secondary N) is 2. The molecule has 5 fully saturated rings. The highest BCUT2D eigenvalue weighted by Crippen LogP contribution is 2.55. The molecule has 0 aromatic heterocycles. The lowest BCUT2D eigenvalue weighted by Gasteiger charge is -2.57. The van der Waals surface area contributed by atoms with Crippen LogP contribution in [0.4, 0.5) is 5.69 Å². The number of hydrogen-bond donors (Lipinski definition) is 2. The number of rotatable bonds is 5. The highest BCUT2D eigenvalue weighted by Gasteiger charge is 2.51. The van der Waals surface area contributed by atoms with Crippen molar-refractivity contribution in [2.45, 2.75) is 82.1 Å². The average Bonchev–Trinajstić information content (AvgIpc) is 2.66. The zero-order valence-corrected chi connectivity index (χ0v) is 17.3. The molecular weight excluding hydrogens is 348 g/mol. The van der Waals surface area contributed by atoms with Crippen LogP contribution in [-0.4, -0.2) is 17.1 Å². The molecule has 1 aromatic carbocycles. The molecule has 0 heterocycles. The molecule has 0 radical (unpaired) electrons. The molecule has 3 heteroatoms. The summed E-state index contributed by atoms with van der Waals surface area (Å²) in [6.07, 6.45) is 15.4. The van der Waals surface area contributed by atoms with Gasteiger partial charge in [0.25, 0.3) is 0 Å². The monoisotopic (exact) mass is 382 g/mol. The summed E-state index contributed by atoms with van der Waals surface area (Å²) in [5, 5.41) is 7.55. The van der Waals surface area contributed by atoms with Gasteiger partial charge in [-0.15, -0.1) is 0 Å². The summed E-state index contributed by atoms with van der Waals surface area (Å²) in [6, 6.07) is 8.93. The molecule has 0 spiro atoms. The highest BCUT2D eigenvalue weighted by molar-refractivity contribution is 7.80. The Labute approximate surface area is 169 Å². The SMILES string of the molecule is S=C(CNc1ccccc1C1CCCCC1)NC12CC3CC(CC(C3)C1)C2. The lowest BCUT2D eigenvalue weighted by Crippen LogP contribution is -2.60. The minimum atomic E-state index is 0.330. The van der Waals surface area contributed by atoms with Crippen LogP contribution < -0.4 is 10.6 Å². The topological polar surface area (TPSA) is 24.1 Å². The second kappa shape index (κ2) is 7.39. The third-order valence-electron chi connectivity index (χ3n) is 7.89. The summed E-state index contributed by atoms with van der Waals surface area (Å²) in [4.78, 5) is 1.02. The first-order valence-electron chi connectivity index (χ1n) is 11.3. The lowest BCUT2D eigenvalue weighted by atomic mass is 9.53. The van der Waals surface area contributed by atoms with E-state index in [1.807, 2.05) is 0 Å². The Morgan fingerprint density at radius 1 is 0.926 bits per heavy atom. The number of anilines is 1. The van der Waals surface area contributed by atoms with E-state index in [1.54, 1.807) is 0 Å². The van der Waals surface area contributed by atoms with E-state index >= 15 is 0 Å². The Kier molecular flexibility index (Phi) is 4.92. The minimum absolute atomic E-state index is 0.330. The first-order valence-corrected chi connectivity index (χ1v) is 11.7. The van der Waals surface area contributed by atoms with Gasteiger partial charge in [0.1, 0.15) is 0 Å². The van der Waals surface area contributed by atoms with Crippen molar-refractivity contribution in [3.05, 3.63) is 29.8 Å².